The van der Waals surface area contributed by atoms with Crippen LogP contribution in [0.25, 0.3) is 11.0 Å². The minimum atomic E-state index is -0.00215. The van der Waals surface area contributed by atoms with Gasteiger partial charge in [0.25, 0.3) is 0 Å². The minimum absolute atomic E-state index is 0.00215. The van der Waals surface area contributed by atoms with E-state index in [0.29, 0.717) is 6.04 Å². The topological polar surface area (TPSA) is 44.3 Å². The van der Waals surface area contributed by atoms with Gasteiger partial charge >= 0.3 is 5.69 Å². The van der Waals surface area contributed by atoms with Gasteiger partial charge in [-0.05, 0) is 42.6 Å². The fourth-order valence-electron chi connectivity index (χ4n) is 5.06. The first-order valence-electron chi connectivity index (χ1n) is 12.0. The maximum Gasteiger partial charge on any atom is 0.326 e. The number of hydrogen-bond acceptors (Lipinski definition) is 3. The Balaban J connectivity index is 1.15. The third-order valence-electron chi connectivity index (χ3n) is 6.79. The van der Waals surface area contributed by atoms with Gasteiger partial charge in [0.15, 0.2) is 0 Å². The van der Waals surface area contributed by atoms with Gasteiger partial charge in [-0.2, -0.15) is 0 Å². The number of fused-ring (bicyclic) bond motifs is 1. The lowest BCUT2D eigenvalue weighted by atomic mass is 9.96. The SMILES string of the molecule is O=c1[nH]c2ccccc2n1CCCCN1CCN(C(c2ccccc2)c2ccccc2)CC1. The van der Waals surface area contributed by atoms with Crippen LogP contribution in [0.5, 0.6) is 0 Å². The number of unbranched alkanes of at least 4 members (excludes halogenated alkanes) is 1. The first kappa shape index (κ1) is 21.7. The highest BCUT2D eigenvalue weighted by atomic mass is 16.1. The molecule has 0 spiro atoms. The van der Waals surface area contributed by atoms with Crippen molar-refractivity contribution in [1.82, 2.24) is 19.4 Å². The molecule has 33 heavy (non-hydrogen) atoms. The van der Waals surface area contributed by atoms with Crippen molar-refractivity contribution in [2.75, 3.05) is 32.7 Å². The summed E-state index contributed by atoms with van der Waals surface area (Å²) < 4.78 is 1.87. The summed E-state index contributed by atoms with van der Waals surface area (Å²) in [6, 6.07) is 30.0. The third kappa shape index (κ3) is 4.95. The summed E-state index contributed by atoms with van der Waals surface area (Å²) in [5.41, 5.74) is 4.65. The number of rotatable bonds is 8. The Labute approximate surface area is 195 Å². The van der Waals surface area contributed by atoms with Crippen LogP contribution >= 0.6 is 0 Å². The fraction of sp³-hybridized carbons (Fsp3) is 0.321. The van der Waals surface area contributed by atoms with Crippen LogP contribution in [0.15, 0.2) is 89.7 Å². The minimum Gasteiger partial charge on any atom is -0.306 e. The Hall–Kier alpha value is -3.15. The molecule has 170 valence electrons. The number of piperazine rings is 1. The summed E-state index contributed by atoms with van der Waals surface area (Å²) in [5.74, 6) is 0. The molecule has 0 unspecified atom stereocenters. The van der Waals surface area contributed by atoms with Crippen molar-refractivity contribution < 1.29 is 0 Å². The number of aryl methyl sites for hydroxylation is 1. The van der Waals surface area contributed by atoms with E-state index in [4.69, 9.17) is 0 Å². The average molecular weight is 441 g/mol. The summed E-state index contributed by atoms with van der Waals surface area (Å²) in [7, 11) is 0. The van der Waals surface area contributed by atoms with Crippen molar-refractivity contribution in [3.8, 4) is 0 Å². The number of aromatic nitrogens is 2. The predicted octanol–water partition coefficient (Wildman–Crippen LogP) is 4.52. The Bertz CT molecular complexity index is 1170. The Morgan fingerprint density at radius 3 is 1.94 bits per heavy atom. The molecule has 3 aromatic carbocycles. The molecule has 1 aromatic heterocycles. The molecule has 0 radical (unpaired) electrons. The van der Waals surface area contributed by atoms with Gasteiger partial charge in [0, 0.05) is 32.7 Å². The zero-order chi connectivity index (χ0) is 22.5. The third-order valence-corrected chi connectivity index (χ3v) is 6.79. The molecular weight excluding hydrogens is 408 g/mol. The van der Waals surface area contributed by atoms with E-state index in [1.807, 2.05) is 28.8 Å². The Morgan fingerprint density at radius 2 is 1.27 bits per heavy atom. The van der Waals surface area contributed by atoms with Gasteiger partial charge in [0.2, 0.25) is 0 Å². The number of hydrogen-bond donors (Lipinski definition) is 1. The van der Waals surface area contributed by atoms with Crippen molar-refractivity contribution in [3.05, 3.63) is 107 Å². The normalized spacial score (nSPS) is 15.4. The zero-order valence-corrected chi connectivity index (χ0v) is 19.1. The molecule has 0 bridgehead atoms. The van der Waals surface area contributed by atoms with E-state index >= 15 is 0 Å². The van der Waals surface area contributed by atoms with Gasteiger partial charge in [-0.1, -0.05) is 72.8 Å². The molecule has 4 aromatic rings. The highest BCUT2D eigenvalue weighted by molar-refractivity contribution is 5.74. The van der Waals surface area contributed by atoms with E-state index in [0.717, 1.165) is 63.1 Å². The summed E-state index contributed by atoms with van der Waals surface area (Å²) in [4.78, 5) is 20.4. The predicted molar refractivity (Wildman–Crippen MR) is 135 cm³/mol. The molecule has 1 N–H and O–H groups in total. The molecule has 0 amide bonds. The Kier molecular flexibility index (Phi) is 6.70. The van der Waals surface area contributed by atoms with Crippen molar-refractivity contribution in [1.29, 1.82) is 0 Å². The van der Waals surface area contributed by atoms with Crippen molar-refractivity contribution in [3.63, 3.8) is 0 Å². The lowest BCUT2D eigenvalue weighted by molar-refractivity contribution is 0.108. The molecule has 1 aliphatic rings. The van der Waals surface area contributed by atoms with E-state index in [1.165, 1.54) is 11.1 Å². The van der Waals surface area contributed by atoms with Crippen LogP contribution in [0.1, 0.15) is 30.0 Å². The molecule has 1 aliphatic heterocycles. The number of benzene rings is 3. The van der Waals surface area contributed by atoms with E-state index in [1.54, 1.807) is 0 Å². The summed E-state index contributed by atoms with van der Waals surface area (Å²) >= 11 is 0. The second-order valence-electron chi connectivity index (χ2n) is 8.91. The van der Waals surface area contributed by atoms with E-state index in [-0.39, 0.29) is 5.69 Å². The van der Waals surface area contributed by atoms with Gasteiger partial charge in [-0.15, -0.1) is 0 Å². The second kappa shape index (κ2) is 10.2. The van der Waals surface area contributed by atoms with Crippen LogP contribution in [0.3, 0.4) is 0 Å². The molecule has 5 heteroatoms. The molecule has 1 fully saturated rings. The quantitative estimate of drug-likeness (QED) is 0.410. The average Bonchev–Trinajstić information content (AvgIpc) is 3.19. The monoisotopic (exact) mass is 440 g/mol. The molecule has 0 saturated carbocycles. The van der Waals surface area contributed by atoms with Crippen molar-refractivity contribution >= 4 is 11.0 Å². The summed E-state index contributed by atoms with van der Waals surface area (Å²) in [5, 5.41) is 0. The number of para-hydroxylation sites is 2. The van der Waals surface area contributed by atoms with Gasteiger partial charge < -0.3 is 9.88 Å². The van der Waals surface area contributed by atoms with Crippen molar-refractivity contribution in [2.24, 2.45) is 0 Å². The lowest BCUT2D eigenvalue weighted by Crippen LogP contribution is -2.48. The molecule has 5 rings (SSSR count). The molecule has 1 saturated heterocycles. The number of nitrogens with zero attached hydrogens (tertiary/aromatic N) is 3. The Morgan fingerprint density at radius 1 is 0.697 bits per heavy atom. The van der Waals surface area contributed by atoms with E-state index in [2.05, 4.69) is 75.4 Å². The maximum absolute atomic E-state index is 12.3. The standard InChI is InChI=1S/C28H32N4O/c33-28-29-25-15-7-8-16-26(25)32(28)18-10-9-17-30-19-21-31(22-20-30)27(23-11-3-1-4-12-23)24-13-5-2-6-14-24/h1-8,11-16,27H,9-10,17-22H2,(H,29,33). The van der Waals surface area contributed by atoms with Crippen LogP contribution in [0.2, 0.25) is 0 Å². The molecule has 2 heterocycles. The van der Waals surface area contributed by atoms with Crippen LogP contribution in [-0.4, -0.2) is 52.1 Å². The number of nitrogens with one attached hydrogen (secondary N) is 1. The van der Waals surface area contributed by atoms with Gasteiger partial charge in [0.05, 0.1) is 17.1 Å². The van der Waals surface area contributed by atoms with Gasteiger partial charge in [-0.3, -0.25) is 9.47 Å². The van der Waals surface area contributed by atoms with Crippen LogP contribution in [-0.2, 0) is 6.54 Å². The highest BCUT2D eigenvalue weighted by Gasteiger charge is 2.26. The first-order chi connectivity index (χ1) is 16.3. The largest absolute Gasteiger partial charge is 0.326 e. The second-order valence-corrected chi connectivity index (χ2v) is 8.91. The molecular formula is C28H32N4O. The van der Waals surface area contributed by atoms with Gasteiger partial charge in [0.1, 0.15) is 0 Å². The van der Waals surface area contributed by atoms with E-state index < -0.39 is 0 Å². The highest BCUT2D eigenvalue weighted by Crippen LogP contribution is 2.29. The lowest BCUT2D eigenvalue weighted by Gasteiger charge is -2.39. The van der Waals surface area contributed by atoms with Crippen LogP contribution in [0, 0.1) is 0 Å². The molecule has 5 nitrogen and oxygen atoms in total. The fourth-order valence-corrected chi connectivity index (χ4v) is 5.06. The van der Waals surface area contributed by atoms with E-state index in [9.17, 15) is 4.79 Å². The smallest absolute Gasteiger partial charge is 0.306 e. The summed E-state index contributed by atoms with van der Waals surface area (Å²) in [6.07, 6.45) is 2.12. The van der Waals surface area contributed by atoms with Gasteiger partial charge in [-0.25, -0.2) is 4.79 Å². The first-order valence-corrected chi connectivity index (χ1v) is 12.0. The molecule has 0 aliphatic carbocycles. The van der Waals surface area contributed by atoms with Crippen LogP contribution < -0.4 is 5.69 Å². The van der Waals surface area contributed by atoms with Crippen LogP contribution in [0.4, 0.5) is 0 Å². The zero-order valence-electron chi connectivity index (χ0n) is 19.1. The number of aromatic amines is 1. The number of imidazole rings is 1. The number of H-pyrrole nitrogens is 1. The molecule has 0 atom stereocenters. The maximum atomic E-state index is 12.3. The van der Waals surface area contributed by atoms with Crippen molar-refractivity contribution in [2.45, 2.75) is 25.4 Å². The summed E-state index contributed by atoms with van der Waals surface area (Å²) in [6.45, 7) is 6.16.